The summed E-state index contributed by atoms with van der Waals surface area (Å²) in [6.45, 7) is 0.494. The summed E-state index contributed by atoms with van der Waals surface area (Å²) in [5, 5.41) is 4.56. The molecule has 1 aliphatic rings. The number of nitrogens with zero attached hydrogens (tertiary/aromatic N) is 1. The fraction of sp³-hybridized carbons (Fsp3) is 0.652. The van der Waals surface area contributed by atoms with E-state index >= 15 is 0 Å². The van der Waals surface area contributed by atoms with Gasteiger partial charge in [-0.25, -0.2) is 0 Å². The lowest BCUT2D eigenvalue weighted by molar-refractivity contribution is -0.140. The van der Waals surface area contributed by atoms with Gasteiger partial charge in [0.15, 0.2) is 0 Å². The molecular formula is C23H35NO3. The average molecular weight is 374 g/mol. The van der Waals surface area contributed by atoms with E-state index in [0.717, 1.165) is 37.0 Å². The van der Waals surface area contributed by atoms with Crippen molar-refractivity contribution in [3.63, 3.8) is 0 Å². The molecule has 1 aromatic carbocycles. The van der Waals surface area contributed by atoms with E-state index in [-0.39, 0.29) is 5.97 Å². The van der Waals surface area contributed by atoms with E-state index in [9.17, 15) is 4.79 Å². The lowest BCUT2D eigenvalue weighted by Gasteiger charge is -2.19. The first-order chi connectivity index (χ1) is 13.3. The molecule has 1 aliphatic carbocycles. The SMILES string of the molecule is COC(=O)CCC1CCCCCCCCCCC1=NOCc1ccccc1. The zero-order valence-corrected chi connectivity index (χ0v) is 16.8. The maximum absolute atomic E-state index is 11.6. The molecule has 1 fully saturated rings. The van der Waals surface area contributed by atoms with Gasteiger partial charge in [0.25, 0.3) is 0 Å². The molecule has 0 saturated heterocycles. The third kappa shape index (κ3) is 9.07. The molecule has 0 N–H and O–H groups in total. The molecule has 0 amide bonds. The molecular weight excluding hydrogens is 338 g/mol. The van der Waals surface area contributed by atoms with Crippen molar-refractivity contribution < 1.29 is 14.4 Å². The Labute approximate surface area is 164 Å². The molecule has 0 aromatic heterocycles. The highest BCUT2D eigenvalue weighted by Gasteiger charge is 2.19. The Balaban J connectivity index is 2.01. The smallest absolute Gasteiger partial charge is 0.305 e. The summed E-state index contributed by atoms with van der Waals surface area (Å²) >= 11 is 0. The normalized spacial score (nSPS) is 21.1. The molecule has 0 spiro atoms. The third-order valence-electron chi connectivity index (χ3n) is 5.39. The Morgan fingerprint density at radius 1 is 1.00 bits per heavy atom. The van der Waals surface area contributed by atoms with Crippen LogP contribution in [0.1, 0.15) is 82.6 Å². The maximum atomic E-state index is 11.6. The fourth-order valence-electron chi connectivity index (χ4n) is 3.72. The second kappa shape index (κ2) is 13.3. The van der Waals surface area contributed by atoms with Gasteiger partial charge in [-0.2, -0.15) is 0 Å². The number of oxime groups is 1. The number of carbonyl (C=O) groups excluding carboxylic acids is 1. The predicted molar refractivity (Wildman–Crippen MR) is 110 cm³/mol. The number of ether oxygens (including phenoxy) is 1. The number of rotatable bonds is 6. The van der Waals surface area contributed by atoms with E-state index in [1.165, 1.54) is 52.1 Å². The molecule has 0 aliphatic heterocycles. The van der Waals surface area contributed by atoms with Crippen LogP contribution in [0.25, 0.3) is 0 Å². The minimum Gasteiger partial charge on any atom is -0.469 e. The van der Waals surface area contributed by atoms with Gasteiger partial charge >= 0.3 is 5.97 Å². The maximum Gasteiger partial charge on any atom is 0.305 e. The second-order valence-corrected chi connectivity index (χ2v) is 7.52. The van der Waals surface area contributed by atoms with Gasteiger partial charge in [-0.15, -0.1) is 0 Å². The summed E-state index contributed by atoms with van der Waals surface area (Å²) in [5.41, 5.74) is 2.26. The number of benzene rings is 1. The molecule has 1 aromatic rings. The Morgan fingerprint density at radius 3 is 2.37 bits per heavy atom. The molecule has 0 bridgehead atoms. The van der Waals surface area contributed by atoms with Crippen LogP contribution in [0.5, 0.6) is 0 Å². The van der Waals surface area contributed by atoms with Crippen LogP contribution in [0, 0.1) is 5.92 Å². The molecule has 1 saturated carbocycles. The minimum atomic E-state index is -0.134. The predicted octanol–water partition coefficient (Wildman–Crippen LogP) is 6.04. The van der Waals surface area contributed by atoms with E-state index < -0.39 is 0 Å². The van der Waals surface area contributed by atoms with Gasteiger partial charge in [0.1, 0.15) is 6.61 Å². The van der Waals surface area contributed by atoms with Crippen molar-refractivity contribution in [3.05, 3.63) is 35.9 Å². The Morgan fingerprint density at radius 2 is 1.67 bits per heavy atom. The lowest BCUT2D eigenvalue weighted by Crippen LogP contribution is -2.18. The quantitative estimate of drug-likeness (QED) is 0.451. The summed E-state index contributed by atoms with van der Waals surface area (Å²) in [6.07, 6.45) is 13.5. The fourth-order valence-corrected chi connectivity index (χ4v) is 3.72. The topological polar surface area (TPSA) is 47.9 Å². The van der Waals surface area contributed by atoms with E-state index in [4.69, 9.17) is 9.57 Å². The van der Waals surface area contributed by atoms with Crippen LogP contribution in [0.3, 0.4) is 0 Å². The van der Waals surface area contributed by atoms with Crippen molar-refractivity contribution in [1.29, 1.82) is 0 Å². The van der Waals surface area contributed by atoms with E-state index in [1.54, 1.807) is 0 Å². The highest BCUT2D eigenvalue weighted by Crippen LogP contribution is 2.24. The monoisotopic (exact) mass is 373 g/mol. The van der Waals surface area contributed by atoms with Crippen molar-refractivity contribution >= 4 is 11.7 Å². The summed E-state index contributed by atoms with van der Waals surface area (Å²) in [5.74, 6) is 0.185. The van der Waals surface area contributed by atoms with Gasteiger partial charge in [0.2, 0.25) is 0 Å². The van der Waals surface area contributed by atoms with Gasteiger partial charge in [-0.3, -0.25) is 4.79 Å². The minimum absolute atomic E-state index is 0.134. The molecule has 1 unspecified atom stereocenters. The van der Waals surface area contributed by atoms with Crippen molar-refractivity contribution in [1.82, 2.24) is 0 Å². The summed E-state index contributed by atoms with van der Waals surface area (Å²) < 4.78 is 4.84. The van der Waals surface area contributed by atoms with Crippen LogP contribution in [0.2, 0.25) is 0 Å². The molecule has 1 atom stereocenters. The molecule has 4 nitrogen and oxygen atoms in total. The highest BCUT2D eigenvalue weighted by molar-refractivity contribution is 5.86. The molecule has 4 heteroatoms. The Bertz CT molecular complexity index is 556. The zero-order chi connectivity index (χ0) is 19.2. The summed E-state index contributed by atoms with van der Waals surface area (Å²) in [6, 6.07) is 10.1. The first-order valence-corrected chi connectivity index (χ1v) is 10.6. The van der Waals surface area contributed by atoms with Gasteiger partial charge in [-0.1, -0.05) is 80.4 Å². The molecule has 2 rings (SSSR count). The number of esters is 1. The van der Waals surface area contributed by atoms with E-state index in [0.29, 0.717) is 18.9 Å². The van der Waals surface area contributed by atoms with Crippen LogP contribution in [0.4, 0.5) is 0 Å². The Kier molecular flexibility index (Phi) is 10.6. The van der Waals surface area contributed by atoms with Crippen LogP contribution in [0.15, 0.2) is 35.5 Å². The molecule has 0 heterocycles. The van der Waals surface area contributed by atoms with Gasteiger partial charge in [0, 0.05) is 12.3 Å². The zero-order valence-electron chi connectivity index (χ0n) is 16.8. The standard InChI is InChI=1S/C23H35NO3/c1-26-23(25)18-17-21-15-11-6-4-2-3-5-7-12-16-22(21)24-27-19-20-13-9-8-10-14-20/h8-10,13-14,21H,2-7,11-12,15-19H2,1H3. The first-order valence-electron chi connectivity index (χ1n) is 10.6. The second-order valence-electron chi connectivity index (χ2n) is 7.52. The lowest BCUT2D eigenvalue weighted by atomic mass is 9.88. The van der Waals surface area contributed by atoms with Crippen molar-refractivity contribution in [3.8, 4) is 0 Å². The van der Waals surface area contributed by atoms with Crippen LogP contribution < -0.4 is 0 Å². The number of hydrogen-bond donors (Lipinski definition) is 0. The highest BCUT2D eigenvalue weighted by atomic mass is 16.6. The summed E-state index contributed by atoms with van der Waals surface area (Å²) in [7, 11) is 1.46. The molecule has 27 heavy (non-hydrogen) atoms. The Hall–Kier alpha value is -1.84. The molecule has 0 radical (unpaired) electrons. The first kappa shape index (κ1) is 21.5. The van der Waals surface area contributed by atoms with E-state index in [2.05, 4.69) is 17.3 Å². The van der Waals surface area contributed by atoms with E-state index in [1.807, 2.05) is 18.2 Å². The van der Waals surface area contributed by atoms with Gasteiger partial charge < -0.3 is 9.57 Å². The number of carbonyl (C=O) groups is 1. The van der Waals surface area contributed by atoms with Gasteiger partial charge in [-0.05, 0) is 31.2 Å². The van der Waals surface area contributed by atoms with Crippen molar-refractivity contribution in [2.24, 2.45) is 11.1 Å². The summed E-state index contributed by atoms with van der Waals surface area (Å²) in [4.78, 5) is 17.4. The third-order valence-corrected chi connectivity index (χ3v) is 5.39. The van der Waals surface area contributed by atoms with Crippen LogP contribution >= 0.6 is 0 Å². The number of hydrogen-bond acceptors (Lipinski definition) is 4. The van der Waals surface area contributed by atoms with Crippen LogP contribution in [-0.2, 0) is 21.0 Å². The number of methoxy groups -OCH3 is 1. The van der Waals surface area contributed by atoms with Gasteiger partial charge in [0.05, 0.1) is 12.8 Å². The van der Waals surface area contributed by atoms with Crippen molar-refractivity contribution in [2.75, 3.05) is 7.11 Å². The average Bonchev–Trinajstić information content (AvgIpc) is 2.69. The van der Waals surface area contributed by atoms with Crippen LogP contribution in [-0.4, -0.2) is 18.8 Å². The van der Waals surface area contributed by atoms with Crippen molar-refractivity contribution in [2.45, 2.75) is 83.7 Å². The largest absolute Gasteiger partial charge is 0.469 e. The molecule has 150 valence electrons.